The van der Waals surface area contributed by atoms with E-state index in [1.54, 1.807) is 0 Å². The number of amides is 1. The van der Waals surface area contributed by atoms with Gasteiger partial charge in [-0.05, 0) is 39.0 Å². The predicted molar refractivity (Wildman–Crippen MR) is 77.1 cm³/mol. The molecule has 3 heteroatoms. The van der Waals surface area contributed by atoms with Crippen molar-refractivity contribution in [2.45, 2.75) is 76.8 Å². The highest BCUT2D eigenvalue weighted by atomic mass is 16.6. The minimum atomic E-state index is -0.123. The molecule has 0 aliphatic heterocycles. The van der Waals surface area contributed by atoms with E-state index in [9.17, 15) is 4.79 Å². The fourth-order valence-electron chi connectivity index (χ4n) is 3.48. The SMILES string of the molecule is C=C1CCCCC1N(C(=O)OCC)C1CCCCC1. The summed E-state index contributed by atoms with van der Waals surface area (Å²) < 4.78 is 5.30. The molecule has 2 aliphatic carbocycles. The molecule has 108 valence electrons. The zero-order chi connectivity index (χ0) is 13.7. The monoisotopic (exact) mass is 265 g/mol. The van der Waals surface area contributed by atoms with E-state index in [0.29, 0.717) is 12.6 Å². The summed E-state index contributed by atoms with van der Waals surface area (Å²) in [4.78, 5) is 14.4. The van der Waals surface area contributed by atoms with Gasteiger partial charge in [0, 0.05) is 6.04 Å². The van der Waals surface area contributed by atoms with Crippen LogP contribution in [0.3, 0.4) is 0 Å². The van der Waals surface area contributed by atoms with Crippen molar-refractivity contribution in [1.29, 1.82) is 0 Å². The highest BCUT2D eigenvalue weighted by Gasteiger charge is 2.34. The molecule has 2 saturated carbocycles. The van der Waals surface area contributed by atoms with Crippen LogP contribution in [0.5, 0.6) is 0 Å². The molecule has 0 aromatic heterocycles. The molecular formula is C16H27NO2. The van der Waals surface area contributed by atoms with Gasteiger partial charge in [0.1, 0.15) is 0 Å². The van der Waals surface area contributed by atoms with Crippen LogP contribution >= 0.6 is 0 Å². The standard InChI is InChI=1S/C16H27NO2/c1-3-19-16(18)17(14-10-5-4-6-11-14)15-12-8-7-9-13(15)2/h14-15H,2-12H2,1H3. The van der Waals surface area contributed by atoms with E-state index in [1.165, 1.54) is 37.7 Å². The maximum absolute atomic E-state index is 12.3. The predicted octanol–water partition coefficient (Wildman–Crippen LogP) is 4.28. The van der Waals surface area contributed by atoms with Crippen LogP contribution in [0.1, 0.15) is 64.7 Å². The average molecular weight is 265 g/mol. The lowest BCUT2D eigenvalue weighted by Gasteiger charge is -2.41. The van der Waals surface area contributed by atoms with Crippen molar-refractivity contribution in [1.82, 2.24) is 4.90 Å². The molecule has 0 saturated heterocycles. The van der Waals surface area contributed by atoms with Crippen LogP contribution < -0.4 is 0 Å². The van der Waals surface area contributed by atoms with Crippen molar-refractivity contribution in [3.05, 3.63) is 12.2 Å². The first-order chi connectivity index (χ1) is 9.24. The van der Waals surface area contributed by atoms with Crippen LogP contribution in [0.4, 0.5) is 4.79 Å². The lowest BCUT2D eigenvalue weighted by atomic mass is 9.86. The molecule has 0 radical (unpaired) electrons. The third-order valence-corrected chi connectivity index (χ3v) is 4.48. The Morgan fingerprint density at radius 1 is 1.21 bits per heavy atom. The first-order valence-corrected chi connectivity index (χ1v) is 7.86. The Balaban J connectivity index is 2.11. The number of nitrogens with zero attached hydrogens (tertiary/aromatic N) is 1. The second-order valence-corrected chi connectivity index (χ2v) is 5.82. The highest BCUT2D eigenvalue weighted by molar-refractivity contribution is 5.69. The molecule has 2 fully saturated rings. The maximum atomic E-state index is 12.3. The van der Waals surface area contributed by atoms with Crippen molar-refractivity contribution in [3.8, 4) is 0 Å². The molecule has 0 spiro atoms. The molecule has 0 bridgehead atoms. The van der Waals surface area contributed by atoms with Gasteiger partial charge in [0.2, 0.25) is 0 Å². The number of carbonyl (C=O) groups is 1. The molecule has 2 aliphatic rings. The van der Waals surface area contributed by atoms with Gasteiger partial charge >= 0.3 is 6.09 Å². The lowest BCUT2D eigenvalue weighted by Crippen LogP contribution is -2.49. The molecule has 19 heavy (non-hydrogen) atoms. The van der Waals surface area contributed by atoms with Crippen molar-refractivity contribution < 1.29 is 9.53 Å². The summed E-state index contributed by atoms with van der Waals surface area (Å²) in [5.74, 6) is 0. The lowest BCUT2D eigenvalue weighted by molar-refractivity contribution is 0.0605. The molecule has 2 rings (SSSR count). The summed E-state index contributed by atoms with van der Waals surface area (Å²) in [6.07, 6.45) is 10.5. The van der Waals surface area contributed by atoms with Crippen LogP contribution in [0.2, 0.25) is 0 Å². The van der Waals surface area contributed by atoms with Crippen molar-refractivity contribution in [2.24, 2.45) is 0 Å². The van der Waals surface area contributed by atoms with Gasteiger partial charge in [-0.25, -0.2) is 4.79 Å². The minimum absolute atomic E-state index is 0.123. The Hall–Kier alpha value is -0.990. The summed E-state index contributed by atoms with van der Waals surface area (Å²) in [5.41, 5.74) is 1.23. The van der Waals surface area contributed by atoms with Crippen LogP contribution in [0.15, 0.2) is 12.2 Å². The van der Waals surface area contributed by atoms with E-state index in [4.69, 9.17) is 4.74 Å². The van der Waals surface area contributed by atoms with Gasteiger partial charge in [-0.1, -0.05) is 37.8 Å². The van der Waals surface area contributed by atoms with E-state index in [-0.39, 0.29) is 12.1 Å². The Bertz CT molecular complexity index is 321. The van der Waals surface area contributed by atoms with E-state index in [0.717, 1.165) is 25.7 Å². The van der Waals surface area contributed by atoms with Gasteiger partial charge in [0.25, 0.3) is 0 Å². The van der Waals surface area contributed by atoms with Gasteiger partial charge in [0.15, 0.2) is 0 Å². The quantitative estimate of drug-likeness (QED) is 0.713. The van der Waals surface area contributed by atoms with Crippen LogP contribution in [0, 0.1) is 0 Å². The first-order valence-electron chi connectivity index (χ1n) is 7.86. The van der Waals surface area contributed by atoms with E-state index < -0.39 is 0 Å². The van der Waals surface area contributed by atoms with E-state index in [2.05, 4.69) is 6.58 Å². The molecule has 0 heterocycles. The van der Waals surface area contributed by atoms with Crippen LogP contribution in [0.25, 0.3) is 0 Å². The van der Waals surface area contributed by atoms with Crippen LogP contribution in [-0.4, -0.2) is 29.7 Å². The summed E-state index contributed by atoms with van der Waals surface area (Å²) >= 11 is 0. The first kappa shape index (κ1) is 14.4. The molecule has 1 unspecified atom stereocenters. The zero-order valence-corrected chi connectivity index (χ0v) is 12.2. The molecule has 0 N–H and O–H groups in total. The Morgan fingerprint density at radius 2 is 1.89 bits per heavy atom. The van der Waals surface area contributed by atoms with Gasteiger partial charge in [-0.15, -0.1) is 0 Å². The number of hydrogen-bond acceptors (Lipinski definition) is 2. The number of hydrogen-bond donors (Lipinski definition) is 0. The van der Waals surface area contributed by atoms with Gasteiger partial charge < -0.3 is 4.74 Å². The largest absolute Gasteiger partial charge is 0.450 e. The Morgan fingerprint density at radius 3 is 2.53 bits per heavy atom. The van der Waals surface area contributed by atoms with Gasteiger partial charge in [-0.3, -0.25) is 4.90 Å². The normalized spacial score (nSPS) is 25.1. The third-order valence-electron chi connectivity index (χ3n) is 4.48. The number of ether oxygens (including phenoxy) is 1. The molecule has 3 nitrogen and oxygen atoms in total. The van der Waals surface area contributed by atoms with Crippen molar-refractivity contribution >= 4 is 6.09 Å². The average Bonchev–Trinajstić information content (AvgIpc) is 2.43. The molecule has 0 aromatic rings. The minimum Gasteiger partial charge on any atom is -0.450 e. The second kappa shape index (κ2) is 6.97. The maximum Gasteiger partial charge on any atom is 0.410 e. The fourth-order valence-corrected chi connectivity index (χ4v) is 3.48. The van der Waals surface area contributed by atoms with E-state index in [1.807, 2.05) is 11.8 Å². The molecule has 0 aromatic carbocycles. The van der Waals surface area contributed by atoms with Gasteiger partial charge in [-0.2, -0.15) is 0 Å². The highest BCUT2D eigenvalue weighted by Crippen LogP contribution is 2.32. The Kier molecular flexibility index (Phi) is 5.29. The molecule has 1 atom stereocenters. The molecular weight excluding hydrogens is 238 g/mol. The van der Waals surface area contributed by atoms with Crippen LogP contribution in [-0.2, 0) is 4.74 Å². The number of rotatable bonds is 3. The topological polar surface area (TPSA) is 29.5 Å². The fraction of sp³-hybridized carbons (Fsp3) is 0.812. The van der Waals surface area contributed by atoms with Crippen molar-refractivity contribution in [2.75, 3.05) is 6.61 Å². The number of carbonyl (C=O) groups excluding carboxylic acids is 1. The summed E-state index contributed by atoms with van der Waals surface area (Å²) in [7, 11) is 0. The zero-order valence-electron chi connectivity index (χ0n) is 12.2. The second-order valence-electron chi connectivity index (χ2n) is 5.82. The molecule has 1 amide bonds. The third kappa shape index (κ3) is 3.52. The summed E-state index contributed by atoms with van der Waals surface area (Å²) in [6.45, 7) is 6.55. The van der Waals surface area contributed by atoms with E-state index >= 15 is 0 Å². The summed E-state index contributed by atoms with van der Waals surface area (Å²) in [5, 5.41) is 0. The van der Waals surface area contributed by atoms with Crippen molar-refractivity contribution in [3.63, 3.8) is 0 Å². The van der Waals surface area contributed by atoms with Gasteiger partial charge in [0.05, 0.1) is 12.6 Å². The smallest absolute Gasteiger partial charge is 0.410 e. The Labute approximate surface area is 117 Å². The summed E-state index contributed by atoms with van der Waals surface area (Å²) in [6, 6.07) is 0.587.